The van der Waals surface area contributed by atoms with E-state index in [1.807, 2.05) is 30.3 Å². The van der Waals surface area contributed by atoms with Crippen molar-refractivity contribution in [2.75, 3.05) is 23.9 Å². The van der Waals surface area contributed by atoms with Crippen molar-refractivity contribution in [1.82, 2.24) is 10.0 Å². The van der Waals surface area contributed by atoms with Gasteiger partial charge in [-0.2, -0.15) is 0 Å². The third-order valence-electron chi connectivity index (χ3n) is 5.65. The van der Waals surface area contributed by atoms with Crippen LogP contribution in [0.15, 0.2) is 54.6 Å². The van der Waals surface area contributed by atoms with Crippen molar-refractivity contribution in [3.63, 3.8) is 0 Å². The molecule has 2 aliphatic rings. The van der Waals surface area contributed by atoms with Crippen LogP contribution in [-0.2, 0) is 16.8 Å². The fourth-order valence-electron chi connectivity index (χ4n) is 3.97. The number of halogens is 2. The Labute approximate surface area is 208 Å². The van der Waals surface area contributed by atoms with Crippen molar-refractivity contribution < 1.29 is 47.3 Å². The second-order valence-corrected chi connectivity index (χ2v) is 12.5. The van der Waals surface area contributed by atoms with Crippen molar-refractivity contribution in [3.8, 4) is 11.5 Å². The van der Waals surface area contributed by atoms with E-state index in [1.165, 1.54) is 0 Å². The maximum absolute atomic E-state index is 15.9. The number of hydrogen-bond donors (Lipinski definition) is 3. The molecule has 0 spiro atoms. The third-order valence-corrected chi connectivity index (χ3v) is 9.68. The molecule has 2 fully saturated rings. The van der Waals surface area contributed by atoms with Crippen molar-refractivity contribution in [2.45, 2.75) is 23.2 Å². The first-order valence-corrected chi connectivity index (χ1v) is 14.4. The monoisotopic (exact) mass is 600 g/mol. The van der Waals surface area contributed by atoms with E-state index in [2.05, 4.69) is 10.0 Å². The van der Waals surface area contributed by atoms with Crippen LogP contribution >= 0.6 is 0 Å². The summed E-state index contributed by atoms with van der Waals surface area (Å²) in [6.07, 6.45) is -0.273. The van der Waals surface area contributed by atoms with E-state index in [0.717, 1.165) is 29.4 Å². The molecule has 0 aliphatic carbocycles. The van der Waals surface area contributed by atoms with Crippen molar-refractivity contribution in [1.29, 1.82) is 0 Å². The molecule has 3 aromatic carbocycles. The van der Waals surface area contributed by atoms with Crippen LogP contribution in [0.25, 0.3) is 10.8 Å². The zero-order chi connectivity index (χ0) is 23.7. The van der Waals surface area contributed by atoms with Gasteiger partial charge < -0.3 is 0 Å². The van der Waals surface area contributed by atoms with E-state index in [4.69, 9.17) is 7.80 Å². The Hall–Kier alpha value is -2.19. The standard InChI is InChI=1S/C23H24FIN3O5S/c24-22-19-11-18(33-25-17-8-9-26-12-17)7-6-16(19)10-20(32-14-15-4-2-1-3-5-15)23(22)28-13-21(29)27-34(28,30)31/h1-7,10-11,17,21,26-27,29H,8-9,12-14H2/q-1. The van der Waals surface area contributed by atoms with Gasteiger partial charge in [-0.05, 0) is 0 Å². The van der Waals surface area contributed by atoms with Gasteiger partial charge in [0.2, 0.25) is 0 Å². The number of fused-ring (bicyclic) bond motifs is 1. The van der Waals surface area contributed by atoms with Gasteiger partial charge in [-0.15, -0.1) is 0 Å². The predicted molar refractivity (Wildman–Crippen MR) is 122 cm³/mol. The number of β-amino-alcohol motifs (C(OH)–C–C–N with tert-alkyl or cyclic N) is 1. The zero-order valence-corrected chi connectivity index (χ0v) is 21.1. The second kappa shape index (κ2) is 9.82. The summed E-state index contributed by atoms with van der Waals surface area (Å²) in [6.45, 7) is 1.72. The van der Waals surface area contributed by atoms with Crippen molar-refractivity contribution in [2.24, 2.45) is 0 Å². The Morgan fingerprint density at radius 1 is 1.18 bits per heavy atom. The summed E-state index contributed by atoms with van der Waals surface area (Å²) in [6, 6.07) is 16.1. The number of ether oxygens (including phenoxy) is 1. The average molecular weight is 600 g/mol. The van der Waals surface area contributed by atoms with Gasteiger partial charge in [0.1, 0.15) is 0 Å². The molecular formula is C23H24FIN3O5S-. The van der Waals surface area contributed by atoms with Gasteiger partial charge in [-0.3, -0.25) is 0 Å². The van der Waals surface area contributed by atoms with Crippen molar-refractivity contribution >= 4 is 26.7 Å². The first kappa shape index (κ1) is 23.5. The van der Waals surface area contributed by atoms with Crippen LogP contribution in [0, 0.1) is 5.82 Å². The molecule has 5 rings (SSSR count). The molecule has 34 heavy (non-hydrogen) atoms. The summed E-state index contributed by atoms with van der Waals surface area (Å²) in [5.41, 5.74) is 0.616. The number of aliphatic hydroxyl groups excluding tert-OH is 1. The fraction of sp³-hybridized carbons (Fsp3) is 0.304. The van der Waals surface area contributed by atoms with Crippen LogP contribution < -0.4 is 43.8 Å². The molecule has 2 saturated heterocycles. The molecule has 0 saturated carbocycles. The Balaban J connectivity index is 1.53. The number of benzene rings is 3. The number of nitrogens with one attached hydrogen (secondary N) is 2. The molecule has 0 amide bonds. The maximum atomic E-state index is 15.9. The Bertz CT molecular complexity index is 1290. The summed E-state index contributed by atoms with van der Waals surface area (Å²) in [5, 5.41) is 14.0. The molecule has 0 radical (unpaired) electrons. The molecule has 0 bridgehead atoms. The summed E-state index contributed by atoms with van der Waals surface area (Å²) in [5.74, 6) is -0.116. The molecule has 2 heterocycles. The summed E-state index contributed by atoms with van der Waals surface area (Å²) in [4.78, 5) is 0. The number of rotatable bonds is 7. The van der Waals surface area contributed by atoms with Crippen LogP contribution in [0.1, 0.15) is 12.0 Å². The van der Waals surface area contributed by atoms with Crippen LogP contribution in [0.2, 0.25) is 0 Å². The van der Waals surface area contributed by atoms with Gasteiger partial charge in [-0.1, -0.05) is 6.07 Å². The van der Waals surface area contributed by atoms with Gasteiger partial charge in [0, 0.05) is 0 Å². The van der Waals surface area contributed by atoms with Crippen molar-refractivity contribution in [3.05, 3.63) is 66.0 Å². The van der Waals surface area contributed by atoms with Gasteiger partial charge in [0.05, 0.1) is 0 Å². The molecule has 2 aliphatic heterocycles. The number of alkyl halides is 1. The van der Waals surface area contributed by atoms with Crippen LogP contribution in [-0.4, -0.2) is 43.3 Å². The minimum atomic E-state index is -4.14. The topological polar surface area (TPSA) is 100 Å². The van der Waals surface area contributed by atoms with Gasteiger partial charge >= 0.3 is 203 Å². The first-order chi connectivity index (χ1) is 16.4. The molecule has 11 heteroatoms. The number of nitrogens with zero attached hydrogens (tertiary/aromatic N) is 1. The van der Waals surface area contributed by atoms with Crippen LogP contribution in [0.4, 0.5) is 10.1 Å². The second-order valence-electron chi connectivity index (χ2n) is 8.12. The van der Waals surface area contributed by atoms with Gasteiger partial charge in [0.25, 0.3) is 0 Å². The van der Waals surface area contributed by atoms with E-state index in [1.54, 1.807) is 24.3 Å². The molecule has 0 aromatic heterocycles. The van der Waals surface area contributed by atoms with E-state index < -0.39 is 43.9 Å². The molecule has 8 nitrogen and oxygen atoms in total. The fourth-order valence-corrected chi connectivity index (χ4v) is 7.25. The van der Waals surface area contributed by atoms with E-state index in [9.17, 15) is 13.5 Å². The SMILES string of the molecule is O=S1(=O)NC(O)CN1c1c(OCc2ccccc2)cc2ccc(O[I-]C3CCNC3)cc2c1F. The first-order valence-electron chi connectivity index (χ1n) is 10.8. The molecule has 182 valence electrons. The van der Waals surface area contributed by atoms with Crippen LogP contribution in [0.5, 0.6) is 11.5 Å². The quantitative estimate of drug-likeness (QED) is 0.245. The third kappa shape index (κ3) is 4.93. The molecule has 2 atom stereocenters. The zero-order valence-electron chi connectivity index (χ0n) is 18.1. The van der Waals surface area contributed by atoms with Gasteiger partial charge in [0.15, 0.2) is 0 Å². The number of anilines is 1. The van der Waals surface area contributed by atoms with E-state index in [-0.39, 0.29) is 30.0 Å². The molecular weight excluding hydrogens is 576 g/mol. The van der Waals surface area contributed by atoms with E-state index in [0.29, 0.717) is 15.1 Å². The summed E-state index contributed by atoms with van der Waals surface area (Å²) >= 11 is -0.560. The average Bonchev–Trinajstić information content (AvgIpc) is 3.44. The summed E-state index contributed by atoms with van der Waals surface area (Å²) in [7, 11) is -4.14. The van der Waals surface area contributed by atoms with E-state index >= 15 is 4.39 Å². The minimum absolute atomic E-state index is 0.0754. The number of aliphatic hydroxyl groups is 1. The number of hydrogen-bond acceptors (Lipinski definition) is 6. The Morgan fingerprint density at radius 2 is 2.00 bits per heavy atom. The van der Waals surface area contributed by atoms with Gasteiger partial charge in [-0.25, -0.2) is 0 Å². The molecule has 3 N–H and O–H groups in total. The predicted octanol–water partition coefficient (Wildman–Crippen LogP) is -0.725. The summed E-state index contributed by atoms with van der Waals surface area (Å²) < 4.78 is 56.5. The molecule has 3 aromatic rings. The van der Waals surface area contributed by atoms with Crippen LogP contribution in [0.3, 0.4) is 0 Å². The normalized spacial score (nSPS) is 21.9. The molecule has 2 unspecified atom stereocenters. The Kier molecular flexibility index (Phi) is 6.80. The Morgan fingerprint density at radius 3 is 2.71 bits per heavy atom.